The Kier molecular flexibility index (Phi) is 5.60. The zero-order valence-corrected chi connectivity index (χ0v) is 13.9. The lowest BCUT2D eigenvalue weighted by Gasteiger charge is -2.20. The van der Waals surface area contributed by atoms with E-state index in [4.69, 9.17) is 10.1 Å². The van der Waals surface area contributed by atoms with Gasteiger partial charge in [0.05, 0.1) is 11.8 Å². The molecule has 0 fully saturated rings. The molecule has 0 radical (unpaired) electrons. The molecule has 126 valence electrons. The molecule has 0 spiro atoms. The highest BCUT2D eigenvalue weighted by atomic mass is 16.5. The van der Waals surface area contributed by atoms with E-state index in [1.807, 2.05) is 84.9 Å². The van der Waals surface area contributed by atoms with E-state index in [0.29, 0.717) is 12.3 Å². The van der Waals surface area contributed by atoms with E-state index in [1.165, 1.54) is 0 Å². The topological polar surface area (TPSA) is 53.3 Å². The fourth-order valence-corrected chi connectivity index (χ4v) is 2.69. The lowest BCUT2D eigenvalue weighted by Crippen LogP contribution is -2.25. The van der Waals surface area contributed by atoms with Crippen LogP contribution in [0.4, 0.5) is 0 Å². The largest absolute Gasteiger partial charge is 0.491 e. The number of para-hydroxylation sites is 1. The molecule has 0 saturated heterocycles. The van der Waals surface area contributed by atoms with Gasteiger partial charge in [0, 0.05) is 6.42 Å². The molecule has 4 rings (SSSR count). The first kappa shape index (κ1) is 16.9. The second-order valence-electron chi connectivity index (χ2n) is 5.88. The van der Waals surface area contributed by atoms with E-state index in [2.05, 4.69) is 0 Å². The number of nitrogens with one attached hydrogen (secondary N) is 1. The van der Waals surface area contributed by atoms with Gasteiger partial charge in [0.1, 0.15) is 12.4 Å². The molecule has 1 aliphatic heterocycles. The number of fused-ring (bicyclic) bond motifs is 1. The van der Waals surface area contributed by atoms with E-state index >= 15 is 0 Å². The monoisotopic (exact) mass is 331 g/mol. The van der Waals surface area contributed by atoms with E-state index in [-0.39, 0.29) is 6.10 Å². The minimum atomic E-state index is -0.329. The van der Waals surface area contributed by atoms with Gasteiger partial charge < -0.3 is 9.84 Å². The Hall–Kier alpha value is -2.91. The number of hydrogen-bond acceptors (Lipinski definition) is 3. The van der Waals surface area contributed by atoms with Gasteiger partial charge in [-0.1, -0.05) is 78.9 Å². The van der Waals surface area contributed by atoms with Crippen LogP contribution in [-0.4, -0.2) is 23.5 Å². The molecular formula is C22H21NO2. The number of ether oxygens (including phenoxy) is 1. The van der Waals surface area contributed by atoms with Crippen LogP contribution in [0.1, 0.15) is 16.7 Å². The molecule has 1 unspecified atom stereocenters. The summed E-state index contributed by atoms with van der Waals surface area (Å²) in [7, 11) is 0. The third-order valence-corrected chi connectivity index (χ3v) is 3.98. The Bertz CT molecular complexity index is 774. The first-order valence-electron chi connectivity index (χ1n) is 8.32. The number of aliphatic hydroxyl groups is 1. The van der Waals surface area contributed by atoms with Crippen LogP contribution < -0.4 is 4.74 Å². The van der Waals surface area contributed by atoms with Crippen molar-refractivity contribution in [3.05, 3.63) is 102 Å². The summed E-state index contributed by atoms with van der Waals surface area (Å²) >= 11 is 0. The van der Waals surface area contributed by atoms with Gasteiger partial charge in [0.15, 0.2) is 0 Å². The Balaban J connectivity index is 0.000000150. The Morgan fingerprint density at radius 3 is 1.92 bits per heavy atom. The maximum Gasteiger partial charge on any atom is 0.122 e. The van der Waals surface area contributed by atoms with Crippen LogP contribution in [0.15, 0.2) is 84.9 Å². The lowest BCUT2D eigenvalue weighted by atomic mass is 10.0. The molecule has 0 aliphatic carbocycles. The number of hydrogen-bond donors (Lipinski definition) is 2. The molecule has 3 aromatic carbocycles. The molecule has 0 amide bonds. The van der Waals surface area contributed by atoms with Crippen LogP contribution in [0, 0.1) is 5.41 Å². The van der Waals surface area contributed by atoms with Crippen molar-refractivity contribution < 1.29 is 9.84 Å². The van der Waals surface area contributed by atoms with Crippen molar-refractivity contribution >= 4 is 5.71 Å². The molecule has 0 saturated carbocycles. The molecule has 1 heterocycles. The van der Waals surface area contributed by atoms with E-state index in [9.17, 15) is 5.11 Å². The third kappa shape index (κ3) is 4.55. The van der Waals surface area contributed by atoms with Gasteiger partial charge in [-0.3, -0.25) is 5.41 Å². The highest BCUT2D eigenvalue weighted by Crippen LogP contribution is 2.23. The van der Waals surface area contributed by atoms with Crippen molar-refractivity contribution in [2.45, 2.75) is 12.5 Å². The van der Waals surface area contributed by atoms with Crippen LogP contribution >= 0.6 is 0 Å². The Morgan fingerprint density at radius 1 is 0.800 bits per heavy atom. The molecule has 3 nitrogen and oxygen atoms in total. The van der Waals surface area contributed by atoms with Gasteiger partial charge in [0.2, 0.25) is 0 Å². The smallest absolute Gasteiger partial charge is 0.122 e. The Morgan fingerprint density at radius 2 is 1.32 bits per heavy atom. The highest BCUT2D eigenvalue weighted by Gasteiger charge is 2.15. The van der Waals surface area contributed by atoms with Gasteiger partial charge in [0.25, 0.3) is 0 Å². The molecule has 3 heteroatoms. The maximum atomic E-state index is 9.23. The summed E-state index contributed by atoms with van der Waals surface area (Å²) in [6, 6.07) is 27.4. The van der Waals surface area contributed by atoms with E-state index in [0.717, 1.165) is 28.9 Å². The van der Waals surface area contributed by atoms with Crippen LogP contribution in [0.2, 0.25) is 0 Å². The maximum absolute atomic E-state index is 9.23. The minimum absolute atomic E-state index is 0.329. The van der Waals surface area contributed by atoms with Crippen molar-refractivity contribution in [3.8, 4) is 5.75 Å². The zero-order chi connectivity index (χ0) is 17.5. The summed E-state index contributed by atoms with van der Waals surface area (Å²) in [6.45, 7) is 0.428. The molecule has 3 aromatic rings. The summed E-state index contributed by atoms with van der Waals surface area (Å²) < 4.78 is 5.29. The third-order valence-electron chi connectivity index (χ3n) is 3.98. The minimum Gasteiger partial charge on any atom is -0.491 e. The summed E-state index contributed by atoms with van der Waals surface area (Å²) in [4.78, 5) is 0. The first-order chi connectivity index (χ1) is 12.2. The number of benzene rings is 3. The fraction of sp³-hybridized carbons (Fsp3) is 0.136. The number of aliphatic hydroxyl groups excluding tert-OH is 1. The second kappa shape index (κ2) is 8.27. The van der Waals surface area contributed by atoms with E-state index < -0.39 is 0 Å². The molecular weight excluding hydrogens is 310 g/mol. The molecule has 0 aromatic heterocycles. The Labute approximate surface area is 148 Å². The van der Waals surface area contributed by atoms with Crippen molar-refractivity contribution in [2.75, 3.05) is 6.61 Å². The summed E-state index contributed by atoms with van der Waals surface area (Å²) in [5, 5.41) is 17.2. The molecule has 0 bridgehead atoms. The second-order valence-corrected chi connectivity index (χ2v) is 5.88. The zero-order valence-electron chi connectivity index (χ0n) is 13.9. The fourth-order valence-electron chi connectivity index (χ4n) is 2.69. The van der Waals surface area contributed by atoms with Crippen molar-refractivity contribution in [1.29, 1.82) is 5.41 Å². The normalized spacial score (nSPS) is 15.2. The molecule has 25 heavy (non-hydrogen) atoms. The predicted octanol–water partition coefficient (Wildman–Crippen LogP) is 4.09. The van der Waals surface area contributed by atoms with Crippen LogP contribution in [-0.2, 0) is 6.42 Å². The molecule has 1 aliphatic rings. The quantitative estimate of drug-likeness (QED) is 0.695. The predicted molar refractivity (Wildman–Crippen MR) is 100 cm³/mol. The first-order valence-corrected chi connectivity index (χ1v) is 8.32. The van der Waals surface area contributed by atoms with Crippen molar-refractivity contribution in [3.63, 3.8) is 0 Å². The SMILES string of the molecule is N=C(c1ccccc1)c1ccccc1.OC1COc2ccccc2C1. The van der Waals surface area contributed by atoms with Gasteiger partial charge in [-0.25, -0.2) is 0 Å². The lowest BCUT2D eigenvalue weighted by molar-refractivity contribution is 0.0921. The van der Waals surface area contributed by atoms with Gasteiger partial charge in [-0.15, -0.1) is 0 Å². The van der Waals surface area contributed by atoms with Gasteiger partial charge >= 0.3 is 0 Å². The van der Waals surface area contributed by atoms with Crippen LogP contribution in [0.3, 0.4) is 0 Å². The average Bonchev–Trinajstić information content (AvgIpc) is 2.69. The van der Waals surface area contributed by atoms with Crippen LogP contribution in [0.5, 0.6) is 5.75 Å². The van der Waals surface area contributed by atoms with Gasteiger partial charge in [-0.2, -0.15) is 0 Å². The van der Waals surface area contributed by atoms with E-state index in [1.54, 1.807) is 0 Å². The average molecular weight is 331 g/mol. The molecule has 1 atom stereocenters. The standard InChI is InChI=1S/C13H11N.C9H10O2/c14-13(11-7-3-1-4-8-11)12-9-5-2-6-10-12;10-8-5-7-3-1-2-4-9(7)11-6-8/h1-10,14H;1-4,8,10H,5-6H2. The van der Waals surface area contributed by atoms with Crippen molar-refractivity contribution in [2.24, 2.45) is 0 Å². The summed E-state index contributed by atoms with van der Waals surface area (Å²) in [5.41, 5.74) is 3.59. The highest BCUT2D eigenvalue weighted by molar-refractivity contribution is 6.10. The molecule has 2 N–H and O–H groups in total. The van der Waals surface area contributed by atoms with Gasteiger partial charge in [-0.05, 0) is 22.8 Å². The summed E-state index contributed by atoms with van der Waals surface area (Å²) in [5.74, 6) is 0.915. The van der Waals surface area contributed by atoms with Crippen LogP contribution in [0.25, 0.3) is 0 Å². The van der Waals surface area contributed by atoms with Crippen molar-refractivity contribution in [1.82, 2.24) is 0 Å². The summed E-state index contributed by atoms with van der Waals surface area (Å²) in [6.07, 6.45) is 0.390. The number of rotatable bonds is 2.